The predicted molar refractivity (Wildman–Crippen MR) is 117 cm³/mol. The number of ketones is 1. The van der Waals surface area contributed by atoms with Crippen LogP contribution in [-0.2, 0) is 9.63 Å². The van der Waals surface area contributed by atoms with Gasteiger partial charge in [-0.1, -0.05) is 25.9 Å². The largest absolute Gasteiger partial charge is 0.393 e. The summed E-state index contributed by atoms with van der Waals surface area (Å²) in [5.41, 5.74) is 1.20. The number of aliphatic hydroxyl groups is 1. The van der Waals surface area contributed by atoms with Gasteiger partial charge in [-0.3, -0.25) is 4.79 Å². The van der Waals surface area contributed by atoms with Crippen molar-refractivity contribution < 1.29 is 14.7 Å². The summed E-state index contributed by atoms with van der Waals surface area (Å²) >= 11 is 0. The maximum atomic E-state index is 12.7. The molecule has 2 N–H and O–H groups in total. The SMILES string of the molecule is CC[C@H]1/C(=N/O[C@@H]2CCNC2)CC[C@@]2(C)C1[C@@H](O)C[C@@H]1[C@@H]2CC[C@]2(C)C(=O)CC[C@@H]12. The molecule has 0 bridgehead atoms. The number of rotatable bonds is 3. The summed E-state index contributed by atoms with van der Waals surface area (Å²) in [4.78, 5) is 18.6. The maximum Gasteiger partial charge on any atom is 0.141 e. The van der Waals surface area contributed by atoms with Gasteiger partial charge in [0.05, 0.1) is 11.8 Å². The minimum Gasteiger partial charge on any atom is -0.393 e. The second-order valence-electron chi connectivity index (χ2n) is 11.4. The van der Waals surface area contributed by atoms with Crippen molar-refractivity contribution in [3.05, 3.63) is 0 Å². The first-order valence-corrected chi connectivity index (χ1v) is 12.5. The third kappa shape index (κ3) is 3.02. The first kappa shape index (κ1) is 20.9. The molecule has 0 aromatic rings. The van der Waals surface area contributed by atoms with E-state index in [-0.39, 0.29) is 29.0 Å². The molecule has 4 saturated carbocycles. The van der Waals surface area contributed by atoms with Crippen LogP contribution in [0.2, 0.25) is 0 Å². The minimum atomic E-state index is -0.294. The number of nitrogens with zero attached hydrogens (tertiary/aromatic N) is 1. The molecule has 5 fully saturated rings. The lowest BCUT2D eigenvalue weighted by molar-refractivity contribution is -0.161. The van der Waals surface area contributed by atoms with Gasteiger partial charge in [-0.05, 0) is 80.6 Å². The van der Waals surface area contributed by atoms with Crippen LogP contribution < -0.4 is 5.32 Å². The first-order valence-electron chi connectivity index (χ1n) is 12.5. The van der Waals surface area contributed by atoms with Gasteiger partial charge in [0.2, 0.25) is 0 Å². The van der Waals surface area contributed by atoms with Crippen LogP contribution in [0, 0.1) is 40.4 Å². The van der Waals surface area contributed by atoms with Gasteiger partial charge in [0.15, 0.2) is 0 Å². The molecule has 0 aromatic heterocycles. The molecule has 5 nitrogen and oxygen atoms in total. The molecular formula is C25H40N2O3. The number of fused-ring (bicyclic) bond motifs is 5. The van der Waals surface area contributed by atoms with E-state index in [4.69, 9.17) is 4.84 Å². The van der Waals surface area contributed by atoms with Gasteiger partial charge in [0.1, 0.15) is 11.9 Å². The van der Waals surface area contributed by atoms with Gasteiger partial charge in [-0.2, -0.15) is 0 Å². The number of nitrogens with one attached hydrogen (secondary N) is 1. The van der Waals surface area contributed by atoms with Crippen molar-refractivity contribution in [3.63, 3.8) is 0 Å². The zero-order chi connectivity index (χ0) is 21.1. The third-order valence-electron chi connectivity index (χ3n) is 10.2. The van der Waals surface area contributed by atoms with Crippen LogP contribution >= 0.6 is 0 Å². The van der Waals surface area contributed by atoms with E-state index in [9.17, 15) is 9.90 Å². The highest BCUT2D eigenvalue weighted by Crippen LogP contribution is 2.66. The smallest absolute Gasteiger partial charge is 0.141 e. The Hall–Kier alpha value is -0.940. The Bertz CT molecular complexity index is 717. The van der Waals surface area contributed by atoms with E-state index in [1.807, 2.05) is 0 Å². The van der Waals surface area contributed by atoms with E-state index in [0.717, 1.165) is 70.9 Å². The van der Waals surface area contributed by atoms with Crippen molar-refractivity contribution in [3.8, 4) is 0 Å². The summed E-state index contributed by atoms with van der Waals surface area (Å²) in [6.07, 6.45) is 8.88. The number of carbonyl (C=O) groups excluding carboxylic acids is 1. The summed E-state index contributed by atoms with van der Waals surface area (Å²) in [5, 5.41) is 19.5. The monoisotopic (exact) mass is 416 g/mol. The highest BCUT2D eigenvalue weighted by atomic mass is 16.6. The molecule has 4 aliphatic carbocycles. The first-order chi connectivity index (χ1) is 14.4. The van der Waals surface area contributed by atoms with Crippen molar-refractivity contribution in [1.29, 1.82) is 0 Å². The fraction of sp³-hybridized carbons (Fsp3) is 0.920. The molecule has 0 radical (unpaired) electrons. The molecule has 5 heteroatoms. The molecule has 0 amide bonds. The second kappa shape index (κ2) is 7.58. The molecule has 0 aromatic carbocycles. The minimum absolute atomic E-state index is 0.126. The summed E-state index contributed by atoms with van der Waals surface area (Å²) in [5.74, 6) is 2.67. The summed E-state index contributed by atoms with van der Waals surface area (Å²) in [7, 11) is 0. The van der Waals surface area contributed by atoms with Crippen molar-refractivity contribution in [2.75, 3.05) is 13.1 Å². The average molecular weight is 417 g/mol. The molecule has 1 unspecified atom stereocenters. The Balaban J connectivity index is 1.41. The molecule has 5 aliphatic rings. The molecule has 1 saturated heterocycles. The van der Waals surface area contributed by atoms with Gasteiger partial charge >= 0.3 is 0 Å². The third-order valence-corrected chi connectivity index (χ3v) is 10.2. The molecule has 0 spiro atoms. The van der Waals surface area contributed by atoms with Crippen molar-refractivity contribution >= 4 is 11.5 Å². The Morgan fingerprint density at radius 1 is 1.17 bits per heavy atom. The van der Waals surface area contributed by atoms with Crippen LogP contribution in [0.5, 0.6) is 0 Å². The molecular weight excluding hydrogens is 376 g/mol. The van der Waals surface area contributed by atoms with Crippen molar-refractivity contribution in [1.82, 2.24) is 5.32 Å². The van der Waals surface area contributed by atoms with Crippen molar-refractivity contribution in [2.24, 2.45) is 45.6 Å². The van der Waals surface area contributed by atoms with E-state index in [1.165, 1.54) is 5.71 Å². The molecule has 1 heterocycles. The topological polar surface area (TPSA) is 70.9 Å². The summed E-state index contributed by atoms with van der Waals surface area (Å²) in [6, 6.07) is 0. The zero-order valence-electron chi connectivity index (χ0n) is 19.0. The maximum absolute atomic E-state index is 12.7. The number of Topliss-reactive ketones (excluding diaryl/α,β-unsaturated/α-hetero) is 1. The predicted octanol–water partition coefficient (Wildman–Crippen LogP) is 3.94. The Morgan fingerprint density at radius 3 is 2.73 bits per heavy atom. The van der Waals surface area contributed by atoms with E-state index in [1.54, 1.807) is 0 Å². The average Bonchev–Trinajstić information content (AvgIpc) is 3.34. The Morgan fingerprint density at radius 2 is 2.00 bits per heavy atom. The van der Waals surface area contributed by atoms with Crippen molar-refractivity contribution in [2.45, 2.75) is 90.8 Å². The van der Waals surface area contributed by atoms with Crippen LogP contribution in [0.15, 0.2) is 5.16 Å². The lowest BCUT2D eigenvalue weighted by atomic mass is 9.43. The Labute approximate surface area is 181 Å². The van der Waals surface area contributed by atoms with Crippen LogP contribution in [0.4, 0.5) is 0 Å². The standard InChI is InChI=1S/C25H40N2O3/c1-4-16-20(27-30-15-9-12-26-14-15)8-11-25(3)19-7-10-24(2)18(5-6-22(24)29)17(19)13-21(28)23(16)25/h15-19,21,23,26,28H,4-14H2,1-3H3/b27-20+/t15-,16+,17+,18+,19+,21+,23?,24+,25-/m1/s1. The quantitative estimate of drug-likeness (QED) is 0.684. The fourth-order valence-corrected chi connectivity index (χ4v) is 8.65. The molecule has 30 heavy (non-hydrogen) atoms. The highest BCUT2D eigenvalue weighted by Gasteiger charge is 2.63. The normalized spacial score (nSPS) is 52.1. The van der Waals surface area contributed by atoms with Crippen LogP contribution in [0.25, 0.3) is 0 Å². The highest BCUT2D eigenvalue weighted by molar-refractivity contribution is 5.88. The van der Waals surface area contributed by atoms with E-state index in [2.05, 4.69) is 31.2 Å². The fourth-order valence-electron chi connectivity index (χ4n) is 8.65. The van der Waals surface area contributed by atoms with E-state index >= 15 is 0 Å². The summed E-state index contributed by atoms with van der Waals surface area (Å²) < 4.78 is 0. The van der Waals surface area contributed by atoms with Gasteiger partial charge in [0, 0.05) is 30.7 Å². The number of hydrogen-bond donors (Lipinski definition) is 2. The molecule has 1 aliphatic heterocycles. The van der Waals surface area contributed by atoms with Gasteiger partial charge in [-0.25, -0.2) is 0 Å². The number of oxime groups is 1. The molecule has 168 valence electrons. The summed E-state index contributed by atoms with van der Waals surface area (Å²) in [6.45, 7) is 8.82. The molecule has 9 atom stereocenters. The lowest BCUT2D eigenvalue weighted by Gasteiger charge is -2.62. The Kier molecular flexibility index (Phi) is 5.29. The van der Waals surface area contributed by atoms with Gasteiger partial charge < -0.3 is 15.3 Å². The van der Waals surface area contributed by atoms with E-state index < -0.39 is 0 Å². The zero-order valence-corrected chi connectivity index (χ0v) is 19.0. The van der Waals surface area contributed by atoms with Crippen LogP contribution in [0.1, 0.15) is 78.6 Å². The van der Waals surface area contributed by atoms with Crippen LogP contribution in [-0.4, -0.2) is 41.9 Å². The van der Waals surface area contributed by atoms with Crippen LogP contribution in [0.3, 0.4) is 0 Å². The molecule has 5 rings (SSSR count). The number of aliphatic hydroxyl groups excluding tert-OH is 1. The number of hydrogen-bond acceptors (Lipinski definition) is 5. The second-order valence-corrected chi connectivity index (χ2v) is 11.4. The van der Waals surface area contributed by atoms with Gasteiger partial charge in [-0.15, -0.1) is 0 Å². The van der Waals surface area contributed by atoms with E-state index in [0.29, 0.717) is 29.5 Å². The lowest BCUT2D eigenvalue weighted by Crippen LogP contribution is -2.60. The van der Waals surface area contributed by atoms with Gasteiger partial charge in [0.25, 0.3) is 0 Å². The number of carbonyl (C=O) groups is 1.